The largest absolute Gasteiger partial charge is 0.313 e. The van der Waals surface area contributed by atoms with Gasteiger partial charge in [0.1, 0.15) is 0 Å². The van der Waals surface area contributed by atoms with Crippen molar-refractivity contribution in [2.75, 3.05) is 6.54 Å². The molecule has 0 aliphatic heterocycles. The van der Waals surface area contributed by atoms with Gasteiger partial charge in [0.25, 0.3) is 0 Å². The van der Waals surface area contributed by atoms with E-state index in [2.05, 4.69) is 48.1 Å². The van der Waals surface area contributed by atoms with Gasteiger partial charge in [0.15, 0.2) is 0 Å². The van der Waals surface area contributed by atoms with Gasteiger partial charge in [-0.1, -0.05) is 54.4 Å². The number of hydrogen-bond acceptors (Lipinski definition) is 1. The molecular formula is C13H19BrClN. The Kier molecular flexibility index (Phi) is 5.29. The monoisotopic (exact) mass is 303 g/mol. The fourth-order valence-corrected chi connectivity index (χ4v) is 2.17. The second-order valence-corrected chi connectivity index (χ2v) is 6.51. The first kappa shape index (κ1) is 14.0. The van der Waals surface area contributed by atoms with Crippen molar-refractivity contribution >= 4 is 27.5 Å². The van der Waals surface area contributed by atoms with Gasteiger partial charge in [-0.15, -0.1) is 0 Å². The molecule has 0 radical (unpaired) electrons. The molecule has 0 heterocycles. The molecule has 0 atom stereocenters. The van der Waals surface area contributed by atoms with Crippen molar-refractivity contribution in [1.29, 1.82) is 0 Å². The van der Waals surface area contributed by atoms with Crippen molar-refractivity contribution in [2.24, 2.45) is 5.41 Å². The van der Waals surface area contributed by atoms with E-state index in [1.807, 2.05) is 12.1 Å². The van der Waals surface area contributed by atoms with Gasteiger partial charge in [0.05, 0.1) is 0 Å². The van der Waals surface area contributed by atoms with Crippen LogP contribution < -0.4 is 5.32 Å². The molecule has 0 aromatic heterocycles. The zero-order chi connectivity index (χ0) is 12.2. The standard InChI is InChI=1S/C13H19BrClN/c1-13(2,3)6-7-16-9-10-4-5-11(15)8-12(10)14/h4-5,8,16H,6-7,9H2,1-3H3. The average Bonchev–Trinajstić information content (AvgIpc) is 2.13. The molecule has 0 unspecified atom stereocenters. The van der Waals surface area contributed by atoms with Crippen molar-refractivity contribution in [3.05, 3.63) is 33.3 Å². The summed E-state index contributed by atoms with van der Waals surface area (Å²) in [6, 6.07) is 5.91. The van der Waals surface area contributed by atoms with E-state index in [0.717, 1.165) is 22.6 Å². The Bertz CT molecular complexity index is 344. The summed E-state index contributed by atoms with van der Waals surface area (Å²) in [6.07, 6.45) is 1.18. The van der Waals surface area contributed by atoms with Crippen molar-refractivity contribution in [1.82, 2.24) is 5.32 Å². The molecule has 0 saturated carbocycles. The summed E-state index contributed by atoms with van der Waals surface area (Å²) in [5, 5.41) is 4.21. The lowest BCUT2D eigenvalue weighted by molar-refractivity contribution is 0.366. The highest BCUT2D eigenvalue weighted by atomic mass is 79.9. The van der Waals surface area contributed by atoms with Gasteiger partial charge >= 0.3 is 0 Å². The molecule has 0 spiro atoms. The Hall–Kier alpha value is -0.0500. The van der Waals surface area contributed by atoms with Gasteiger partial charge in [-0.3, -0.25) is 0 Å². The van der Waals surface area contributed by atoms with Crippen LogP contribution in [-0.2, 0) is 6.54 Å². The normalized spacial score (nSPS) is 11.8. The maximum absolute atomic E-state index is 5.89. The number of benzene rings is 1. The third-order valence-corrected chi connectivity index (χ3v) is 3.36. The van der Waals surface area contributed by atoms with Gasteiger partial charge in [-0.05, 0) is 36.1 Å². The quantitative estimate of drug-likeness (QED) is 0.800. The lowest BCUT2D eigenvalue weighted by atomic mass is 9.92. The van der Waals surface area contributed by atoms with Gasteiger partial charge in [0.2, 0.25) is 0 Å². The van der Waals surface area contributed by atoms with E-state index in [9.17, 15) is 0 Å². The van der Waals surface area contributed by atoms with Crippen LogP contribution in [0.4, 0.5) is 0 Å². The van der Waals surface area contributed by atoms with Crippen LogP contribution in [0.3, 0.4) is 0 Å². The molecule has 0 bridgehead atoms. The van der Waals surface area contributed by atoms with Crippen LogP contribution in [0.5, 0.6) is 0 Å². The minimum atomic E-state index is 0.393. The van der Waals surface area contributed by atoms with Crippen LogP contribution in [0.1, 0.15) is 32.8 Å². The highest BCUT2D eigenvalue weighted by molar-refractivity contribution is 9.10. The number of halogens is 2. The third kappa shape index (κ3) is 5.33. The lowest BCUT2D eigenvalue weighted by Gasteiger charge is -2.18. The fraction of sp³-hybridized carbons (Fsp3) is 0.538. The van der Waals surface area contributed by atoms with Crippen LogP contribution in [0.25, 0.3) is 0 Å². The summed E-state index contributed by atoms with van der Waals surface area (Å²) in [4.78, 5) is 0. The molecule has 1 aromatic carbocycles. The summed E-state index contributed by atoms with van der Waals surface area (Å²) in [6.45, 7) is 8.69. The predicted octanol–water partition coefficient (Wildman–Crippen LogP) is 4.63. The van der Waals surface area contributed by atoms with Crippen LogP contribution >= 0.6 is 27.5 Å². The molecule has 90 valence electrons. The minimum absolute atomic E-state index is 0.393. The van der Waals surface area contributed by atoms with Gasteiger partial charge in [-0.25, -0.2) is 0 Å². The fourth-order valence-electron chi connectivity index (χ4n) is 1.35. The second kappa shape index (κ2) is 6.04. The highest BCUT2D eigenvalue weighted by Crippen LogP contribution is 2.21. The predicted molar refractivity (Wildman–Crippen MR) is 74.9 cm³/mol. The van der Waals surface area contributed by atoms with E-state index in [0.29, 0.717) is 5.41 Å². The first-order valence-electron chi connectivity index (χ1n) is 5.53. The Morgan fingerprint density at radius 2 is 2.00 bits per heavy atom. The summed E-state index contributed by atoms with van der Waals surface area (Å²) in [7, 11) is 0. The topological polar surface area (TPSA) is 12.0 Å². The zero-order valence-electron chi connectivity index (χ0n) is 10.1. The van der Waals surface area contributed by atoms with E-state index < -0.39 is 0 Å². The molecule has 1 nitrogen and oxygen atoms in total. The van der Waals surface area contributed by atoms with Crippen molar-refractivity contribution in [3.63, 3.8) is 0 Å². The minimum Gasteiger partial charge on any atom is -0.313 e. The first-order valence-corrected chi connectivity index (χ1v) is 6.70. The summed E-state index contributed by atoms with van der Waals surface area (Å²) in [5.41, 5.74) is 1.64. The molecule has 1 rings (SSSR count). The zero-order valence-corrected chi connectivity index (χ0v) is 12.5. The summed E-state index contributed by atoms with van der Waals surface area (Å²) < 4.78 is 1.07. The molecule has 16 heavy (non-hydrogen) atoms. The highest BCUT2D eigenvalue weighted by Gasteiger charge is 2.09. The lowest BCUT2D eigenvalue weighted by Crippen LogP contribution is -2.20. The SMILES string of the molecule is CC(C)(C)CCNCc1ccc(Cl)cc1Br. The van der Waals surface area contributed by atoms with Crippen LogP contribution in [0.15, 0.2) is 22.7 Å². The molecule has 1 N–H and O–H groups in total. The smallest absolute Gasteiger partial charge is 0.0417 e. The molecule has 0 aliphatic rings. The van der Waals surface area contributed by atoms with E-state index in [1.54, 1.807) is 0 Å². The Balaban J connectivity index is 2.38. The van der Waals surface area contributed by atoms with Crippen LogP contribution in [0, 0.1) is 5.41 Å². The van der Waals surface area contributed by atoms with Crippen LogP contribution in [-0.4, -0.2) is 6.54 Å². The Morgan fingerprint density at radius 3 is 2.56 bits per heavy atom. The average molecular weight is 305 g/mol. The summed E-state index contributed by atoms with van der Waals surface area (Å²) in [5.74, 6) is 0. The maximum atomic E-state index is 5.89. The molecule has 0 fully saturated rings. The molecule has 0 saturated heterocycles. The Morgan fingerprint density at radius 1 is 1.31 bits per heavy atom. The van der Waals surface area contributed by atoms with Gasteiger partial charge in [0, 0.05) is 16.0 Å². The molecule has 1 aromatic rings. The number of rotatable bonds is 4. The molecule has 0 aliphatic carbocycles. The van der Waals surface area contributed by atoms with Crippen LogP contribution in [0.2, 0.25) is 5.02 Å². The van der Waals surface area contributed by atoms with Crippen molar-refractivity contribution in [3.8, 4) is 0 Å². The van der Waals surface area contributed by atoms with E-state index in [-0.39, 0.29) is 0 Å². The summed E-state index contributed by atoms with van der Waals surface area (Å²) >= 11 is 9.40. The molecule has 3 heteroatoms. The molecular weight excluding hydrogens is 286 g/mol. The van der Waals surface area contributed by atoms with Crippen molar-refractivity contribution < 1.29 is 0 Å². The second-order valence-electron chi connectivity index (χ2n) is 5.22. The number of hydrogen-bond donors (Lipinski definition) is 1. The third-order valence-electron chi connectivity index (χ3n) is 2.38. The van der Waals surface area contributed by atoms with Gasteiger partial charge < -0.3 is 5.32 Å². The van der Waals surface area contributed by atoms with E-state index >= 15 is 0 Å². The van der Waals surface area contributed by atoms with Crippen molar-refractivity contribution in [2.45, 2.75) is 33.7 Å². The maximum Gasteiger partial charge on any atom is 0.0417 e. The Labute approximate surface area is 112 Å². The van der Waals surface area contributed by atoms with E-state index in [1.165, 1.54) is 12.0 Å². The van der Waals surface area contributed by atoms with E-state index in [4.69, 9.17) is 11.6 Å². The van der Waals surface area contributed by atoms with Gasteiger partial charge in [-0.2, -0.15) is 0 Å². The number of nitrogens with one attached hydrogen (secondary N) is 1. The molecule has 0 amide bonds. The first-order chi connectivity index (χ1) is 7.38.